The predicted molar refractivity (Wildman–Crippen MR) is 51.8 cm³/mol. The maximum atomic E-state index is 10.3. The molecule has 1 spiro atoms. The lowest BCUT2D eigenvalue weighted by Gasteiger charge is -2.37. The van der Waals surface area contributed by atoms with Gasteiger partial charge in [-0.25, -0.2) is 0 Å². The molecule has 0 bridgehead atoms. The van der Waals surface area contributed by atoms with Crippen molar-refractivity contribution in [2.75, 3.05) is 13.2 Å². The topological polar surface area (TPSA) is 35.5 Å². The molecule has 1 saturated heterocycles. The third kappa shape index (κ3) is 1.74. The zero-order valence-electron chi connectivity index (χ0n) is 8.28. The fourth-order valence-electron chi connectivity index (χ4n) is 2.39. The summed E-state index contributed by atoms with van der Waals surface area (Å²) >= 11 is 0. The smallest absolute Gasteiger partial charge is 0.174 e. The van der Waals surface area contributed by atoms with Crippen LogP contribution >= 0.6 is 0 Å². The lowest BCUT2D eigenvalue weighted by molar-refractivity contribution is -0.200. The van der Waals surface area contributed by atoms with Gasteiger partial charge in [0, 0.05) is 12.3 Å². The van der Waals surface area contributed by atoms with Crippen LogP contribution in [-0.2, 0) is 14.3 Å². The summed E-state index contributed by atoms with van der Waals surface area (Å²) in [7, 11) is 0. The minimum absolute atomic E-state index is 0.254. The van der Waals surface area contributed by atoms with Crippen molar-refractivity contribution in [1.29, 1.82) is 0 Å². The molecule has 1 aliphatic carbocycles. The Kier molecular flexibility index (Phi) is 2.99. The molecular weight excluding hydrogens is 180 g/mol. The van der Waals surface area contributed by atoms with E-state index in [1.807, 2.05) is 6.08 Å². The summed E-state index contributed by atoms with van der Waals surface area (Å²) in [6, 6.07) is 0. The van der Waals surface area contributed by atoms with E-state index in [1.54, 1.807) is 6.08 Å². The first kappa shape index (κ1) is 9.87. The second-order valence-electron chi connectivity index (χ2n) is 3.88. The number of allylic oxidation sites excluding steroid dienone is 1. The van der Waals surface area contributed by atoms with Crippen LogP contribution in [0.2, 0.25) is 0 Å². The van der Waals surface area contributed by atoms with Crippen molar-refractivity contribution in [3.63, 3.8) is 0 Å². The summed E-state index contributed by atoms with van der Waals surface area (Å²) in [5, 5.41) is 0. The van der Waals surface area contributed by atoms with Crippen LogP contribution in [0.5, 0.6) is 0 Å². The summed E-state index contributed by atoms with van der Waals surface area (Å²) in [5.41, 5.74) is 0. The van der Waals surface area contributed by atoms with Crippen LogP contribution in [0.3, 0.4) is 0 Å². The van der Waals surface area contributed by atoms with Crippen LogP contribution in [0, 0.1) is 5.92 Å². The van der Waals surface area contributed by atoms with Crippen molar-refractivity contribution in [2.45, 2.75) is 31.5 Å². The van der Waals surface area contributed by atoms with Gasteiger partial charge in [0.1, 0.15) is 6.29 Å². The highest BCUT2D eigenvalue weighted by Gasteiger charge is 2.44. The third-order valence-corrected chi connectivity index (χ3v) is 3.05. The molecule has 0 aromatic rings. The first-order valence-corrected chi connectivity index (χ1v) is 5.27. The van der Waals surface area contributed by atoms with E-state index >= 15 is 0 Å². The quantitative estimate of drug-likeness (QED) is 0.498. The average molecular weight is 196 g/mol. The fraction of sp³-hybridized carbons (Fsp3) is 0.727. The summed E-state index contributed by atoms with van der Waals surface area (Å²) in [5.74, 6) is -0.151. The van der Waals surface area contributed by atoms with E-state index in [4.69, 9.17) is 9.47 Å². The fourth-order valence-corrected chi connectivity index (χ4v) is 2.39. The van der Waals surface area contributed by atoms with Crippen LogP contribution in [0.4, 0.5) is 0 Å². The normalized spacial score (nSPS) is 31.3. The standard InChI is InChI=1S/C11H16O3/c12-7-3-5-10-4-1-2-6-11(10)13-8-9-14-11/h3,5,7,10H,1-2,4,6,8-9H2/b5-3+. The van der Waals surface area contributed by atoms with E-state index in [2.05, 4.69) is 0 Å². The van der Waals surface area contributed by atoms with Crippen LogP contribution in [0.15, 0.2) is 12.2 Å². The van der Waals surface area contributed by atoms with Crippen LogP contribution < -0.4 is 0 Å². The van der Waals surface area contributed by atoms with Crippen molar-refractivity contribution < 1.29 is 14.3 Å². The molecule has 3 nitrogen and oxygen atoms in total. The van der Waals surface area contributed by atoms with E-state index in [9.17, 15) is 4.79 Å². The minimum Gasteiger partial charge on any atom is -0.347 e. The molecule has 78 valence electrons. The largest absolute Gasteiger partial charge is 0.347 e. The molecule has 2 aliphatic rings. The highest BCUT2D eigenvalue weighted by Crippen LogP contribution is 2.40. The molecule has 1 saturated carbocycles. The Labute approximate surface area is 84.1 Å². The Morgan fingerprint density at radius 1 is 1.21 bits per heavy atom. The predicted octanol–water partition coefficient (Wildman–Crippen LogP) is 1.67. The van der Waals surface area contributed by atoms with Crippen molar-refractivity contribution >= 4 is 6.29 Å². The maximum absolute atomic E-state index is 10.3. The highest BCUT2D eigenvalue weighted by molar-refractivity contribution is 5.64. The Bertz CT molecular complexity index is 229. The zero-order valence-corrected chi connectivity index (χ0v) is 8.28. The number of carbonyl (C=O) groups is 1. The Hall–Kier alpha value is -0.670. The minimum atomic E-state index is -0.405. The summed E-state index contributed by atoms with van der Waals surface area (Å²) in [6.07, 6.45) is 8.68. The molecule has 1 aliphatic heterocycles. The molecule has 0 aromatic heterocycles. The summed E-state index contributed by atoms with van der Waals surface area (Å²) in [4.78, 5) is 10.3. The van der Waals surface area contributed by atoms with Gasteiger partial charge in [-0.15, -0.1) is 0 Å². The number of hydrogen-bond acceptors (Lipinski definition) is 3. The molecule has 1 atom stereocenters. The van der Waals surface area contributed by atoms with E-state index in [0.29, 0.717) is 13.2 Å². The molecule has 2 rings (SSSR count). The molecule has 1 unspecified atom stereocenters. The van der Waals surface area contributed by atoms with Gasteiger partial charge in [-0.1, -0.05) is 12.5 Å². The molecule has 1 heterocycles. The zero-order chi connectivity index (χ0) is 9.86. The Morgan fingerprint density at radius 2 is 2.00 bits per heavy atom. The number of hydrogen-bond donors (Lipinski definition) is 0. The van der Waals surface area contributed by atoms with Gasteiger partial charge in [-0.05, 0) is 18.9 Å². The van der Waals surface area contributed by atoms with Gasteiger partial charge < -0.3 is 9.47 Å². The molecule has 0 amide bonds. The van der Waals surface area contributed by atoms with Gasteiger partial charge >= 0.3 is 0 Å². The molecule has 3 heteroatoms. The number of aldehydes is 1. The van der Waals surface area contributed by atoms with Crippen LogP contribution in [0.1, 0.15) is 25.7 Å². The number of rotatable bonds is 2. The van der Waals surface area contributed by atoms with Crippen LogP contribution in [-0.4, -0.2) is 25.3 Å². The summed E-state index contributed by atoms with van der Waals surface area (Å²) < 4.78 is 11.4. The molecular formula is C11H16O3. The highest BCUT2D eigenvalue weighted by atomic mass is 16.7. The van der Waals surface area contributed by atoms with Gasteiger partial charge in [-0.3, -0.25) is 4.79 Å². The number of carbonyl (C=O) groups excluding carboxylic acids is 1. The van der Waals surface area contributed by atoms with Gasteiger partial charge in [0.2, 0.25) is 0 Å². The molecule has 0 N–H and O–H groups in total. The third-order valence-electron chi connectivity index (χ3n) is 3.05. The Morgan fingerprint density at radius 3 is 2.71 bits per heavy atom. The molecule has 2 fully saturated rings. The Balaban J connectivity index is 2.10. The van der Waals surface area contributed by atoms with Gasteiger partial charge in [0.15, 0.2) is 5.79 Å². The number of ether oxygens (including phenoxy) is 2. The van der Waals surface area contributed by atoms with E-state index in [1.165, 1.54) is 6.42 Å². The molecule has 14 heavy (non-hydrogen) atoms. The van der Waals surface area contributed by atoms with Gasteiger partial charge in [-0.2, -0.15) is 0 Å². The van der Waals surface area contributed by atoms with Gasteiger partial charge in [0.05, 0.1) is 13.2 Å². The monoisotopic (exact) mass is 196 g/mol. The second-order valence-corrected chi connectivity index (χ2v) is 3.88. The van der Waals surface area contributed by atoms with Crippen LogP contribution in [0.25, 0.3) is 0 Å². The van der Waals surface area contributed by atoms with Gasteiger partial charge in [0.25, 0.3) is 0 Å². The SMILES string of the molecule is O=C/C=C/C1CCCCC12OCCO2. The molecule has 0 radical (unpaired) electrons. The second kappa shape index (κ2) is 4.24. The maximum Gasteiger partial charge on any atom is 0.174 e. The first-order chi connectivity index (χ1) is 6.87. The van der Waals surface area contributed by atoms with E-state index in [0.717, 1.165) is 25.5 Å². The van der Waals surface area contributed by atoms with E-state index in [-0.39, 0.29) is 5.92 Å². The van der Waals surface area contributed by atoms with E-state index < -0.39 is 5.79 Å². The lowest BCUT2D eigenvalue weighted by atomic mass is 9.83. The summed E-state index contributed by atoms with van der Waals surface area (Å²) in [6.45, 7) is 1.37. The van der Waals surface area contributed by atoms with Crippen molar-refractivity contribution in [2.24, 2.45) is 5.92 Å². The van der Waals surface area contributed by atoms with Crippen molar-refractivity contribution in [1.82, 2.24) is 0 Å². The molecule has 0 aromatic carbocycles. The lowest BCUT2D eigenvalue weighted by Crippen LogP contribution is -2.40. The van der Waals surface area contributed by atoms with Crippen molar-refractivity contribution in [3.8, 4) is 0 Å². The van der Waals surface area contributed by atoms with Crippen molar-refractivity contribution in [3.05, 3.63) is 12.2 Å². The average Bonchev–Trinajstić information content (AvgIpc) is 2.66. The first-order valence-electron chi connectivity index (χ1n) is 5.27.